The average Bonchev–Trinajstić information content (AvgIpc) is 3.30. The predicted octanol–water partition coefficient (Wildman–Crippen LogP) is 6.49. The van der Waals surface area contributed by atoms with E-state index in [9.17, 15) is 18.0 Å². The molecular weight excluding hydrogens is 517 g/mol. The molecule has 0 radical (unpaired) electrons. The minimum Gasteiger partial charge on any atom is -0.285 e. The van der Waals surface area contributed by atoms with Crippen molar-refractivity contribution in [3.8, 4) is 0 Å². The number of benzene rings is 1. The Morgan fingerprint density at radius 3 is 2.52 bits per heavy atom. The highest BCUT2D eigenvalue weighted by Crippen LogP contribution is 2.33. The molecule has 7 nitrogen and oxygen atoms in total. The summed E-state index contributed by atoms with van der Waals surface area (Å²) in [4.78, 5) is 26.1. The first-order valence-corrected chi connectivity index (χ1v) is 13.4. The molecule has 40 heavy (non-hydrogen) atoms. The summed E-state index contributed by atoms with van der Waals surface area (Å²) >= 11 is 0. The van der Waals surface area contributed by atoms with Crippen LogP contribution in [0, 0.1) is 13.8 Å². The summed E-state index contributed by atoms with van der Waals surface area (Å²) in [6.45, 7) is 3.52. The standard InChI is InChI=1S/C21H21F3N4O.C9H10N2/c1-13-11-26-17-10-15(14-6-3-2-4-7-14)20(29)28(19(17)27-13)12-18-16(21(22,23)24)8-5-9-25-18;1-7-3-4-9-8(5-7)6-10-11(9)2/h5,8-11,14H,2-4,6-7,12H2,1H3;3-6H,1-2H3. The van der Waals surface area contributed by atoms with E-state index >= 15 is 0 Å². The van der Waals surface area contributed by atoms with Crippen LogP contribution >= 0.6 is 0 Å². The van der Waals surface area contributed by atoms with Crippen molar-refractivity contribution in [2.24, 2.45) is 7.05 Å². The van der Waals surface area contributed by atoms with E-state index in [2.05, 4.69) is 45.2 Å². The zero-order valence-electron chi connectivity index (χ0n) is 22.7. The molecule has 1 aliphatic carbocycles. The van der Waals surface area contributed by atoms with Crippen LogP contribution in [0.5, 0.6) is 0 Å². The third-order valence-corrected chi connectivity index (χ3v) is 7.39. The summed E-state index contributed by atoms with van der Waals surface area (Å²) in [5, 5.41) is 5.37. The van der Waals surface area contributed by atoms with E-state index in [4.69, 9.17) is 0 Å². The second-order valence-electron chi connectivity index (χ2n) is 10.4. The summed E-state index contributed by atoms with van der Waals surface area (Å²) in [6.07, 6.45) is 5.27. The maximum absolute atomic E-state index is 13.4. The van der Waals surface area contributed by atoms with Gasteiger partial charge in [-0.05, 0) is 62.9 Å². The van der Waals surface area contributed by atoms with Crippen molar-refractivity contribution in [2.45, 2.75) is 64.6 Å². The summed E-state index contributed by atoms with van der Waals surface area (Å²) in [6, 6.07) is 10.3. The van der Waals surface area contributed by atoms with E-state index < -0.39 is 11.7 Å². The largest absolute Gasteiger partial charge is 0.418 e. The Bertz CT molecular complexity index is 1720. The summed E-state index contributed by atoms with van der Waals surface area (Å²) in [5.41, 5.74) is 3.13. The average molecular weight is 549 g/mol. The maximum atomic E-state index is 13.4. The minimum absolute atomic E-state index is 0.0980. The van der Waals surface area contributed by atoms with Gasteiger partial charge in [0.15, 0.2) is 5.65 Å². The lowest BCUT2D eigenvalue weighted by atomic mass is 9.84. The number of halogens is 3. The number of pyridine rings is 2. The van der Waals surface area contributed by atoms with Gasteiger partial charge in [-0.1, -0.05) is 30.9 Å². The molecule has 1 aromatic carbocycles. The van der Waals surface area contributed by atoms with Crippen LogP contribution in [0.3, 0.4) is 0 Å². The second kappa shape index (κ2) is 11.2. The molecule has 1 fully saturated rings. The van der Waals surface area contributed by atoms with E-state index in [1.165, 1.54) is 33.3 Å². The van der Waals surface area contributed by atoms with Crippen LogP contribution < -0.4 is 5.56 Å². The van der Waals surface area contributed by atoms with E-state index in [1.807, 2.05) is 17.9 Å². The zero-order chi connectivity index (χ0) is 28.4. The number of rotatable bonds is 3. The molecule has 0 spiro atoms. The highest BCUT2D eigenvalue weighted by atomic mass is 19.4. The third-order valence-electron chi connectivity index (χ3n) is 7.39. The first-order chi connectivity index (χ1) is 19.1. The molecule has 0 amide bonds. The van der Waals surface area contributed by atoms with Crippen LogP contribution in [0.25, 0.3) is 22.1 Å². The van der Waals surface area contributed by atoms with Gasteiger partial charge in [-0.3, -0.25) is 24.0 Å². The minimum atomic E-state index is -4.55. The molecule has 5 aromatic rings. The van der Waals surface area contributed by atoms with Crippen LogP contribution in [0.2, 0.25) is 0 Å². The normalized spacial score (nSPS) is 14.3. The number of fused-ring (bicyclic) bond motifs is 2. The Morgan fingerprint density at radius 2 is 1.77 bits per heavy atom. The molecule has 1 aliphatic rings. The van der Waals surface area contributed by atoms with E-state index in [0.29, 0.717) is 16.8 Å². The molecule has 6 rings (SSSR count). The van der Waals surface area contributed by atoms with Crippen molar-refractivity contribution in [3.05, 3.63) is 93.4 Å². The topological polar surface area (TPSA) is 78.5 Å². The third kappa shape index (κ3) is 5.76. The Hall–Kier alpha value is -4.08. The van der Waals surface area contributed by atoms with E-state index in [0.717, 1.165) is 38.2 Å². The molecule has 10 heteroatoms. The summed E-state index contributed by atoms with van der Waals surface area (Å²) in [7, 11) is 1.96. The number of aryl methyl sites for hydroxylation is 3. The van der Waals surface area contributed by atoms with Crippen LogP contribution in [-0.4, -0.2) is 29.3 Å². The van der Waals surface area contributed by atoms with Crippen LogP contribution in [-0.2, 0) is 19.8 Å². The van der Waals surface area contributed by atoms with Crippen molar-refractivity contribution in [1.82, 2.24) is 29.3 Å². The smallest absolute Gasteiger partial charge is 0.285 e. The highest BCUT2D eigenvalue weighted by Gasteiger charge is 2.34. The van der Waals surface area contributed by atoms with Gasteiger partial charge >= 0.3 is 6.18 Å². The quantitative estimate of drug-likeness (QED) is 0.258. The van der Waals surface area contributed by atoms with Crippen LogP contribution in [0.4, 0.5) is 13.2 Å². The molecule has 0 N–H and O–H groups in total. The second-order valence-corrected chi connectivity index (χ2v) is 10.4. The van der Waals surface area contributed by atoms with Crippen molar-refractivity contribution in [1.29, 1.82) is 0 Å². The molecule has 0 aliphatic heterocycles. The van der Waals surface area contributed by atoms with Crippen LogP contribution in [0.15, 0.2) is 59.8 Å². The van der Waals surface area contributed by atoms with Crippen molar-refractivity contribution < 1.29 is 13.2 Å². The maximum Gasteiger partial charge on any atom is 0.418 e. The molecular formula is C30H31F3N6O. The molecule has 1 saturated carbocycles. The van der Waals surface area contributed by atoms with Crippen molar-refractivity contribution >= 4 is 22.1 Å². The van der Waals surface area contributed by atoms with Gasteiger partial charge in [-0.2, -0.15) is 18.3 Å². The molecule has 0 bridgehead atoms. The molecule has 0 saturated heterocycles. The fourth-order valence-electron chi connectivity index (χ4n) is 5.34. The van der Waals surface area contributed by atoms with Gasteiger partial charge in [-0.25, -0.2) is 4.98 Å². The Morgan fingerprint density at radius 1 is 1.00 bits per heavy atom. The number of hydrogen-bond acceptors (Lipinski definition) is 5. The molecule has 0 unspecified atom stereocenters. The van der Waals surface area contributed by atoms with Crippen molar-refractivity contribution in [2.75, 3.05) is 0 Å². The van der Waals surface area contributed by atoms with Gasteiger partial charge in [-0.15, -0.1) is 0 Å². The Labute approximate surface area is 229 Å². The zero-order valence-corrected chi connectivity index (χ0v) is 22.7. The highest BCUT2D eigenvalue weighted by molar-refractivity contribution is 5.79. The fraction of sp³-hybridized carbons (Fsp3) is 0.367. The van der Waals surface area contributed by atoms with Crippen molar-refractivity contribution in [3.63, 3.8) is 0 Å². The Balaban J connectivity index is 0.000000244. The van der Waals surface area contributed by atoms with E-state index in [-0.39, 0.29) is 29.4 Å². The molecule has 0 atom stereocenters. The summed E-state index contributed by atoms with van der Waals surface area (Å²) < 4.78 is 43.5. The lowest BCUT2D eigenvalue weighted by Gasteiger charge is -2.23. The van der Waals surface area contributed by atoms with Gasteiger partial charge in [0.05, 0.1) is 35.2 Å². The number of nitrogens with zero attached hydrogens (tertiary/aromatic N) is 6. The van der Waals surface area contributed by atoms with Gasteiger partial charge in [0.2, 0.25) is 0 Å². The van der Waals surface area contributed by atoms with Gasteiger partial charge in [0.1, 0.15) is 5.52 Å². The molecule has 208 valence electrons. The monoisotopic (exact) mass is 548 g/mol. The Kier molecular flexibility index (Phi) is 7.69. The number of alkyl halides is 3. The van der Waals surface area contributed by atoms with Gasteiger partial charge < -0.3 is 0 Å². The first-order valence-electron chi connectivity index (χ1n) is 13.4. The van der Waals surface area contributed by atoms with Gasteiger partial charge in [0.25, 0.3) is 5.56 Å². The van der Waals surface area contributed by atoms with Crippen LogP contribution in [0.1, 0.15) is 66.1 Å². The summed E-state index contributed by atoms with van der Waals surface area (Å²) in [5.74, 6) is 0.0980. The predicted molar refractivity (Wildman–Crippen MR) is 148 cm³/mol. The molecule has 4 aromatic heterocycles. The van der Waals surface area contributed by atoms with Gasteiger partial charge in [0, 0.05) is 30.4 Å². The SMILES string of the molecule is Cc1ccc2c(cnn2C)c1.Cc1cnc2cc(C3CCCCC3)c(=O)n(Cc3ncccc3C(F)(F)F)c2n1. The number of aromatic nitrogens is 6. The lowest BCUT2D eigenvalue weighted by molar-refractivity contribution is -0.138. The number of hydrogen-bond donors (Lipinski definition) is 0. The first kappa shape index (κ1) is 27.5. The lowest BCUT2D eigenvalue weighted by Crippen LogP contribution is -2.29. The van der Waals surface area contributed by atoms with E-state index in [1.54, 1.807) is 19.2 Å². The molecule has 4 heterocycles. The fourth-order valence-corrected chi connectivity index (χ4v) is 5.34.